The Bertz CT molecular complexity index is 1640. The molecule has 0 atom stereocenters. The molecule has 0 heterocycles. The van der Waals surface area contributed by atoms with Crippen molar-refractivity contribution in [3.8, 4) is 0 Å². The van der Waals surface area contributed by atoms with Crippen molar-refractivity contribution in [2.24, 2.45) is 21.5 Å². The molecule has 2 aliphatic carbocycles. The summed E-state index contributed by atoms with van der Waals surface area (Å²) < 4.78 is 0. The molecule has 2 aromatic rings. The lowest BCUT2D eigenvalue weighted by molar-refractivity contribution is 0.591. The van der Waals surface area contributed by atoms with Gasteiger partial charge in [0.05, 0.1) is 22.8 Å². The minimum absolute atomic E-state index is 0.755. The fourth-order valence-electron chi connectivity index (χ4n) is 5.79. The van der Waals surface area contributed by atoms with E-state index >= 15 is 0 Å². The van der Waals surface area contributed by atoms with Crippen molar-refractivity contribution >= 4 is 34.2 Å². The molecular formula is C41H54N6. The second kappa shape index (κ2) is 16.3. The normalized spacial score (nSPS) is 16.6. The van der Waals surface area contributed by atoms with E-state index in [0.29, 0.717) is 0 Å². The van der Waals surface area contributed by atoms with E-state index in [9.17, 15) is 0 Å². The Balaban J connectivity index is 1.11. The van der Waals surface area contributed by atoms with Crippen LogP contribution in [0.4, 0.5) is 22.7 Å². The standard InChI is InChI=1S/C41H54N6/c1-26-22-39(28(3)20-34(26)42)46-37-17-16-36(32(7)33(37)8)44-18-14-12-10-9-11-13-15-19-45-38-24-31(6)41(25-30(38)5)47-40-23-27(2)35(43)21-29(40)4/h16-17,20-25,44-45H,3-4,9-15,18-19,42-43H2,1-2,5-8H3/b46-39-,47-40-. The molecule has 0 saturated heterocycles. The van der Waals surface area contributed by atoms with E-state index in [-0.39, 0.29) is 0 Å². The summed E-state index contributed by atoms with van der Waals surface area (Å²) >= 11 is 0. The maximum Gasteiger partial charge on any atom is 0.0707 e. The van der Waals surface area contributed by atoms with Crippen LogP contribution in [0.15, 0.2) is 105 Å². The van der Waals surface area contributed by atoms with Gasteiger partial charge in [-0.1, -0.05) is 45.3 Å². The highest BCUT2D eigenvalue weighted by Crippen LogP contribution is 2.31. The molecule has 2 aromatic carbocycles. The summed E-state index contributed by atoms with van der Waals surface area (Å²) in [5.41, 5.74) is 28.2. The Kier molecular flexibility index (Phi) is 12.2. The predicted molar refractivity (Wildman–Crippen MR) is 206 cm³/mol. The number of anilines is 2. The van der Waals surface area contributed by atoms with Crippen molar-refractivity contribution in [1.82, 2.24) is 0 Å². The van der Waals surface area contributed by atoms with Crippen LogP contribution in [0.5, 0.6) is 0 Å². The zero-order valence-electron chi connectivity index (χ0n) is 29.4. The number of hydrogen-bond donors (Lipinski definition) is 4. The fraction of sp³-hybridized carbons (Fsp3) is 0.366. The van der Waals surface area contributed by atoms with E-state index in [0.717, 1.165) is 75.1 Å². The second-order valence-electron chi connectivity index (χ2n) is 13.1. The van der Waals surface area contributed by atoms with E-state index in [2.05, 4.69) is 75.8 Å². The molecule has 0 aromatic heterocycles. The van der Waals surface area contributed by atoms with Crippen molar-refractivity contribution in [3.05, 3.63) is 118 Å². The van der Waals surface area contributed by atoms with Gasteiger partial charge in [-0.15, -0.1) is 0 Å². The van der Waals surface area contributed by atoms with Crippen LogP contribution in [-0.4, -0.2) is 24.5 Å². The highest BCUT2D eigenvalue weighted by atomic mass is 14.9. The monoisotopic (exact) mass is 630 g/mol. The molecule has 0 unspecified atom stereocenters. The molecule has 0 amide bonds. The minimum atomic E-state index is 0.755. The van der Waals surface area contributed by atoms with Gasteiger partial charge in [0, 0.05) is 35.9 Å². The van der Waals surface area contributed by atoms with Gasteiger partial charge in [0.2, 0.25) is 0 Å². The Morgan fingerprint density at radius 1 is 0.553 bits per heavy atom. The van der Waals surface area contributed by atoms with Crippen LogP contribution >= 0.6 is 0 Å². The van der Waals surface area contributed by atoms with Crippen molar-refractivity contribution in [3.63, 3.8) is 0 Å². The molecule has 0 radical (unpaired) electrons. The summed E-state index contributed by atoms with van der Waals surface area (Å²) in [5.74, 6) is 0. The summed E-state index contributed by atoms with van der Waals surface area (Å²) in [6.07, 6.45) is 16.5. The van der Waals surface area contributed by atoms with Crippen LogP contribution in [0.1, 0.15) is 81.0 Å². The van der Waals surface area contributed by atoms with Gasteiger partial charge in [0.25, 0.3) is 0 Å². The molecule has 6 heteroatoms. The molecule has 6 nitrogen and oxygen atoms in total. The van der Waals surface area contributed by atoms with Crippen molar-refractivity contribution in [1.29, 1.82) is 0 Å². The van der Waals surface area contributed by atoms with Gasteiger partial charge in [-0.3, -0.25) is 0 Å². The predicted octanol–water partition coefficient (Wildman–Crippen LogP) is 10.0. The quantitative estimate of drug-likeness (QED) is 0.156. The van der Waals surface area contributed by atoms with E-state index in [1.165, 1.54) is 73.0 Å². The van der Waals surface area contributed by atoms with Gasteiger partial charge in [0.15, 0.2) is 0 Å². The number of rotatable bonds is 14. The fourth-order valence-corrected chi connectivity index (χ4v) is 5.79. The summed E-state index contributed by atoms with van der Waals surface area (Å²) in [4.78, 5) is 9.78. The first-order valence-electron chi connectivity index (χ1n) is 17.0. The summed E-state index contributed by atoms with van der Waals surface area (Å²) in [7, 11) is 0. The summed E-state index contributed by atoms with van der Waals surface area (Å²) in [5, 5.41) is 7.29. The average Bonchev–Trinajstić information content (AvgIpc) is 3.02. The molecule has 0 saturated carbocycles. The number of nitrogens with one attached hydrogen (secondary N) is 2. The highest BCUT2D eigenvalue weighted by molar-refractivity contribution is 6.13. The number of nitrogens with zero attached hydrogens (tertiary/aromatic N) is 2. The minimum Gasteiger partial charge on any atom is -0.398 e. The SMILES string of the molecule is C=C1C=C(N)C(C)=C/C1=N/c1cc(C)c(NCCCCCCCCCNc2ccc(/N=C3/C=C(C)C(N)=CC3=C)c(C)c2C)cc1C. The molecule has 0 bridgehead atoms. The van der Waals surface area contributed by atoms with Crippen molar-refractivity contribution < 1.29 is 0 Å². The maximum atomic E-state index is 6.02. The molecule has 2 aliphatic rings. The smallest absolute Gasteiger partial charge is 0.0707 e. The van der Waals surface area contributed by atoms with Gasteiger partial charge < -0.3 is 22.1 Å². The van der Waals surface area contributed by atoms with E-state index in [1.54, 1.807) is 0 Å². The lowest BCUT2D eigenvalue weighted by Gasteiger charge is -2.16. The van der Waals surface area contributed by atoms with Gasteiger partial charge >= 0.3 is 0 Å². The number of benzene rings is 2. The van der Waals surface area contributed by atoms with Crippen molar-refractivity contribution in [2.45, 2.75) is 86.5 Å². The average molecular weight is 631 g/mol. The molecule has 6 N–H and O–H groups in total. The van der Waals surface area contributed by atoms with Gasteiger partial charge in [-0.25, -0.2) is 9.98 Å². The van der Waals surface area contributed by atoms with E-state index in [4.69, 9.17) is 21.5 Å². The molecule has 0 spiro atoms. The number of aryl methyl sites for hydroxylation is 2. The highest BCUT2D eigenvalue weighted by Gasteiger charge is 2.13. The third kappa shape index (κ3) is 9.47. The molecule has 0 aliphatic heterocycles. The number of nitrogens with two attached hydrogens (primary N) is 2. The molecule has 4 rings (SSSR count). The number of allylic oxidation sites excluding steroid dienone is 8. The second-order valence-corrected chi connectivity index (χ2v) is 13.1. The Labute approximate surface area is 282 Å². The molecule has 0 fully saturated rings. The van der Waals surface area contributed by atoms with Crippen LogP contribution in [0.2, 0.25) is 0 Å². The first-order chi connectivity index (χ1) is 22.4. The summed E-state index contributed by atoms with van der Waals surface area (Å²) in [6.45, 7) is 22.8. The van der Waals surface area contributed by atoms with Crippen molar-refractivity contribution in [2.75, 3.05) is 23.7 Å². The number of hydrogen-bond acceptors (Lipinski definition) is 6. The Hall–Kier alpha value is -4.58. The van der Waals surface area contributed by atoms with Crippen LogP contribution in [-0.2, 0) is 0 Å². The number of unbranched alkanes of at least 4 members (excludes halogenated alkanes) is 6. The van der Waals surface area contributed by atoms with Crippen LogP contribution in [0.3, 0.4) is 0 Å². The van der Waals surface area contributed by atoms with Gasteiger partial charge in [-0.05, 0) is 147 Å². The summed E-state index contributed by atoms with van der Waals surface area (Å²) in [6, 6.07) is 8.62. The Morgan fingerprint density at radius 2 is 1.04 bits per heavy atom. The maximum absolute atomic E-state index is 6.02. The largest absolute Gasteiger partial charge is 0.398 e. The Morgan fingerprint density at radius 3 is 1.60 bits per heavy atom. The van der Waals surface area contributed by atoms with Crippen LogP contribution < -0.4 is 22.1 Å². The third-order valence-electron chi connectivity index (χ3n) is 9.20. The lowest BCUT2D eigenvalue weighted by Crippen LogP contribution is -2.10. The third-order valence-corrected chi connectivity index (χ3v) is 9.20. The van der Waals surface area contributed by atoms with Crippen LogP contribution in [0, 0.1) is 27.7 Å². The molecule has 248 valence electrons. The zero-order valence-corrected chi connectivity index (χ0v) is 29.4. The van der Waals surface area contributed by atoms with Gasteiger partial charge in [-0.2, -0.15) is 0 Å². The first-order valence-corrected chi connectivity index (χ1v) is 17.0. The lowest BCUT2D eigenvalue weighted by atomic mass is 9.99. The number of aliphatic imine (C=N–C) groups is 2. The molecular weight excluding hydrogens is 576 g/mol. The zero-order chi connectivity index (χ0) is 34.1. The van der Waals surface area contributed by atoms with Gasteiger partial charge in [0.1, 0.15) is 0 Å². The first kappa shape index (κ1) is 35.3. The van der Waals surface area contributed by atoms with E-state index < -0.39 is 0 Å². The van der Waals surface area contributed by atoms with E-state index in [1.807, 2.05) is 38.2 Å². The van der Waals surface area contributed by atoms with Crippen LogP contribution in [0.25, 0.3) is 0 Å². The topological polar surface area (TPSA) is 101 Å². The molecule has 47 heavy (non-hydrogen) atoms.